The van der Waals surface area contributed by atoms with Gasteiger partial charge in [-0.1, -0.05) is 0 Å². The van der Waals surface area contributed by atoms with Gasteiger partial charge in [-0.3, -0.25) is 4.79 Å². The topological polar surface area (TPSA) is 72.3 Å². The minimum absolute atomic E-state index is 0.344. The number of hydrogen-bond donors (Lipinski definition) is 2. The number of carbonyl (C=O) groups is 1. The number of rotatable bonds is 2. The standard InChI is InChI=1S/C9H12BrN3O/c1-13(2)8-3-5(9(12)14)7(11)4-6(8)10/h3-4H,11H2,1-2H3,(H2,12,14). The molecule has 0 saturated carbocycles. The van der Waals surface area contributed by atoms with E-state index in [9.17, 15) is 4.79 Å². The van der Waals surface area contributed by atoms with Crippen molar-refractivity contribution in [3.63, 3.8) is 0 Å². The minimum atomic E-state index is -0.516. The van der Waals surface area contributed by atoms with Gasteiger partial charge in [0.05, 0.1) is 11.3 Å². The van der Waals surface area contributed by atoms with Crippen molar-refractivity contribution < 1.29 is 4.79 Å². The quantitative estimate of drug-likeness (QED) is 0.783. The van der Waals surface area contributed by atoms with Crippen molar-refractivity contribution in [1.29, 1.82) is 0 Å². The van der Waals surface area contributed by atoms with E-state index in [4.69, 9.17) is 11.5 Å². The molecule has 0 unspecified atom stereocenters. The summed E-state index contributed by atoms with van der Waals surface area (Å²) < 4.78 is 0.838. The van der Waals surface area contributed by atoms with Gasteiger partial charge in [-0.25, -0.2) is 0 Å². The molecule has 0 atom stereocenters. The lowest BCUT2D eigenvalue weighted by Crippen LogP contribution is -2.16. The second-order valence-electron chi connectivity index (χ2n) is 3.15. The molecule has 0 radical (unpaired) electrons. The summed E-state index contributed by atoms with van der Waals surface area (Å²) in [6.07, 6.45) is 0. The van der Waals surface area contributed by atoms with Crippen molar-refractivity contribution in [1.82, 2.24) is 0 Å². The van der Waals surface area contributed by atoms with Gasteiger partial charge in [0, 0.05) is 24.3 Å². The molecule has 0 aliphatic heterocycles. The molecule has 0 bridgehead atoms. The van der Waals surface area contributed by atoms with E-state index < -0.39 is 5.91 Å². The zero-order valence-electron chi connectivity index (χ0n) is 8.04. The van der Waals surface area contributed by atoms with E-state index in [2.05, 4.69) is 15.9 Å². The maximum absolute atomic E-state index is 11.0. The number of halogens is 1. The summed E-state index contributed by atoms with van der Waals surface area (Å²) in [4.78, 5) is 12.9. The molecule has 1 aromatic rings. The zero-order chi connectivity index (χ0) is 10.9. The van der Waals surface area contributed by atoms with Crippen LogP contribution in [-0.4, -0.2) is 20.0 Å². The number of hydrogen-bond acceptors (Lipinski definition) is 3. The smallest absolute Gasteiger partial charge is 0.250 e. The summed E-state index contributed by atoms with van der Waals surface area (Å²) in [6.45, 7) is 0. The summed E-state index contributed by atoms with van der Waals surface area (Å²) in [5, 5.41) is 0. The minimum Gasteiger partial charge on any atom is -0.398 e. The van der Waals surface area contributed by atoms with Gasteiger partial charge in [0.15, 0.2) is 0 Å². The Morgan fingerprint density at radius 1 is 1.43 bits per heavy atom. The molecule has 14 heavy (non-hydrogen) atoms. The molecule has 76 valence electrons. The first-order valence-corrected chi connectivity index (χ1v) is 4.79. The third kappa shape index (κ3) is 1.98. The van der Waals surface area contributed by atoms with Gasteiger partial charge < -0.3 is 16.4 Å². The maximum atomic E-state index is 11.0. The fourth-order valence-corrected chi connectivity index (χ4v) is 1.85. The SMILES string of the molecule is CN(C)c1cc(C(N)=O)c(N)cc1Br. The first kappa shape index (κ1) is 10.8. The van der Waals surface area contributed by atoms with Gasteiger partial charge in [-0.2, -0.15) is 0 Å². The molecule has 1 rings (SSSR count). The Bertz CT molecular complexity index is 377. The zero-order valence-corrected chi connectivity index (χ0v) is 9.63. The molecular formula is C9H12BrN3O. The highest BCUT2D eigenvalue weighted by Gasteiger charge is 2.11. The molecule has 0 heterocycles. The van der Waals surface area contributed by atoms with Crippen molar-refractivity contribution in [2.75, 3.05) is 24.7 Å². The molecule has 0 fully saturated rings. The summed E-state index contributed by atoms with van der Waals surface area (Å²) in [7, 11) is 3.75. The van der Waals surface area contributed by atoms with Crippen LogP contribution in [0, 0.1) is 0 Å². The average Bonchev–Trinajstić information content (AvgIpc) is 2.02. The number of amides is 1. The maximum Gasteiger partial charge on any atom is 0.250 e. The van der Waals surface area contributed by atoms with Crippen molar-refractivity contribution in [2.45, 2.75) is 0 Å². The molecule has 0 spiro atoms. The van der Waals surface area contributed by atoms with Gasteiger partial charge in [-0.15, -0.1) is 0 Å². The highest BCUT2D eigenvalue weighted by Crippen LogP contribution is 2.29. The molecule has 1 aromatic carbocycles. The molecule has 1 amide bonds. The van der Waals surface area contributed by atoms with Crippen LogP contribution in [0.1, 0.15) is 10.4 Å². The van der Waals surface area contributed by atoms with Gasteiger partial charge in [-0.05, 0) is 28.1 Å². The lowest BCUT2D eigenvalue weighted by Gasteiger charge is -2.16. The normalized spacial score (nSPS) is 9.93. The van der Waals surface area contributed by atoms with Crippen LogP contribution in [-0.2, 0) is 0 Å². The Morgan fingerprint density at radius 3 is 2.43 bits per heavy atom. The molecule has 0 aliphatic carbocycles. The molecule has 4 N–H and O–H groups in total. The fourth-order valence-electron chi connectivity index (χ4n) is 1.13. The average molecular weight is 258 g/mol. The van der Waals surface area contributed by atoms with Crippen LogP contribution in [0.3, 0.4) is 0 Å². The van der Waals surface area contributed by atoms with E-state index in [-0.39, 0.29) is 0 Å². The van der Waals surface area contributed by atoms with Crippen LogP contribution < -0.4 is 16.4 Å². The van der Waals surface area contributed by atoms with Crippen LogP contribution in [0.25, 0.3) is 0 Å². The molecule has 0 saturated heterocycles. The molecule has 5 heteroatoms. The van der Waals surface area contributed by atoms with Crippen molar-refractivity contribution in [3.8, 4) is 0 Å². The van der Waals surface area contributed by atoms with Crippen LogP contribution >= 0.6 is 15.9 Å². The van der Waals surface area contributed by atoms with E-state index in [0.29, 0.717) is 11.3 Å². The van der Waals surface area contributed by atoms with E-state index in [1.807, 2.05) is 19.0 Å². The first-order valence-electron chi connectivity index (χ1n) is 3.99. The van der Waals surface area contributed by atoms with Crippen LogP contribution in [0.4, 0.5) is 11.4 Å². The van der Waals surface area contributed by atoms with Crippen molar-refractivity contribution in [2.24, 2.45) is 5.73 Å². The Morgan fingerprint density at radius 2 is 2.00 bits per heavy atom. The fraction of sp³-hybridized carbons (Fsp3) is 0.222. The number of nitrogens with zero attached hydrogens (tertiary/aromatic N) is 1. The Kier molecular flexibility index (Phi) is 3.00. The lowest BCUT2D eigenvalue weighted by atomic mass is 10.1. The number of benzene rings is 1. The van der Waals surface area contributed by atoms with E-state index in [1.165, 1.54) is 0 Å². The van der Waals surface area contributed by atoms with E-state index in [0.717, 1.165) is 10.2 Å². The van der Waals surface area contributed by atoms with Crippen molar-refractivity contribution in [3.05, 3.63) is 22.2 Å². The third-order valence-corrected chi connectivity index (χ3v) is 2.50. The van der Waals surface area contributed by atoms with Crippen LogP contribution in [0.2, 0.25) is 0 Å². The number of anilines is 2. The Balaban J connectivity index is 3.34. The largest absolute Gasteiger partial charge is 0.398 e. The second-order valence-corrected chi connectivity index (χ2v) is 4.00. The molecular weight excluding hydrogens is 246 g/mol. The molecule has 0 aromatic heterocycles. The number of primary amides is 1. The Labute approximate surface area is 91.0 Å². The van der Waals surface area contributed by atoms with Gasteiger partial charge in [0.1, 0.15) is 0 Å². The molecule has 4 nitrogen and oxygen atoms in total. The highest BCUT2D eigenvalue weighted by atomic mass is 79.9. The van der Waals surface area contributed by atoms with Gasteiger partial charge in [0.25, 0.3) is 5.91 Å². The second kappa shape index (κ2) is 3.88. The highest BCUT2D eigenvalue weighted by molar-refractivity contribution is 9.10. The predicted octanol–water partition coefficient (Wildman–Crippen LogP) is 1.20. The van der Waals surface area contributed by atoms with Gasteiger partial charge >= 0.3 is 0 Å². The van der Waals surface area contributed by atoms with Gasteiger partial charge in [0.2, 0.25) is 0 Å². The lowest BCUT2D eigenvalue weighted by molar-refractivity contribution is 0.100. The van der Waals surface area contributed by atoms with Crippen molar-refractivity contribution >= 4 is 33.2 Å². The summed E-state index contributed by atoms with van der Waals surface area (Å²) in [5.74, 6) is -0.516. The summed E-state index contributed by atoms with van der Waals surface area (Å²) >= 11 is 3.36. The number of nitrogens with two attached hydrogens (primary N) is 2. The predicted molar refractivity (Wildman–Crippen MR) is 61.4 cm³/mol. The summed E-state index contributed by atoms with van der Waals surface area (Å²) in [5.41, 5.74) is 12.4. The third-order valence-electron chi connectivity index (χ3n) is 1.87. The molecule has 0 aliphatic rings. The first-order chi connectivity index (χ1) is 6.43. The van der Waals surface area contributed by atoms with Crippen LogP contribution in [0.15, 0.2) is 16.6 Å². The van der Waals surface area contributed by atoms with E-state index >= 15 is 0 Å². The Hall–Kier alpha value is -1.23. The monoisotopic (exact) mass is 257 g/mol. The van der Waals surface area contributed by atoms with E-state index in [1.54, 1.807) is 12.1 Å². The number of nitrogen functional groups attached to an aromatic ring is 1. The van der Waals surface area contributed by atoms with Crippen LogP contribution in [0.5, 0.6) is 0 Å². The summed E-state index contributed by atoms with van der Waals surface area (Å²) in [6, 6.07) is 3.34. The number of carbonyl (C=O) groups excluding carboxylic acids is 1.